The van der Waals surface area contributed by atoms with Crippen molar-refractivity contribution < 1.29 is 47.8 Å². The number of aliphatic imine (C=N–C) groups is 1. The number of nitrogens with one attached hydrogen (secondary N) is 3. The van der Waals surface area contributed by atoms with Crippen LogP contribution >= 0.6 is 21.4 Å². The number of amides is 2. The number of nitrogens with two attached hydrogens (primary N) is 8. The maximum atomic E-state index is 11.7. The van der Waals surface area contributed by atoms with Crippen molar-refractivity contribution in [2.24, 2.45) is 33.4 Å². The number of hydrazone groups is 1. The summed E-state index contributed by atoms with van der Waals surface area (Å²) < 4.78 is 24.9. The molecule has 0 aliphatic heterocycles. The highest BCUT2D eigenvalue weighted by molar-refractivity contribution is 8.26. The van der Waals surface area contributed by atoms with E-state index in [1.54, 1.807) is 104 Å². The quantitative estimate of drug-likeness (QED) is 0.0115. The summed E-state index contributed by atoms with van der Waals surface area (Å²) in [4.78, 5) is 70.6. The molecule has 21 N–H and O–H groups in total. The molecule has 2 amide bonds. The summed E-state index contributed by atoms with van der Waals surface area (Å²) in [6.45, 7) is 8.03. The van der Waals surface area contributed by atoms with Crippen LogP contribution in [-0.4, -0.2) is 176 Å². The summed E-state index contributed by atoms with van der Waals surface area (Å²) in [5.41, 5.74) is 32.4. The van der Waals surface area contributed by atoms with E-state index in [2.05, 4.69) is 108 Å². The third-order valence-corrected chi connectivity index (χ3v) is 7.93. The first-order valence-electron chi connectivity index (χ1n) is 24.0. The second-order valence-corrected chi connectivity index (χ2v) is 18.5. The van der Waals surface area contributed by atoms with Gasteiger partial charge in [-0.15, -0.1) is 10.2 Å². The first-order valence-corrected chi connectivity index (χ1v) is 26.8. The van der Waals surface area contributed by atoms with Crippen LogP contribution in [0.5, 0.6) is 0 Å². The van der Waals surface area contributed by atoms with Gasteiger partial charge in [-0.1, -0.05) is 51.6 Å². The zero-order chi connectivity index (χ0) is 66.0. The molecule has 0 aliphatic carbocycles. The fraction of sp³-hybridized carbons (Fsp3) is 0.340. The number of carboxylic acids is 1. The molecule has 480 valence electrons. The zero-order valence-corrected chi connectivity index (χ0v) is 51.8. The molecule has 6 heterocycles. The number of hydrogen-bond acceptors (Lipinski definition) is 27. The highest BCUT2D eigenvalue weighted by Gasteiger charge is 2.11. The summed E-state index contributed by atoms with van der Waals surface area (Å²) in [6, 6.07) is 25.2. The van der Waals surface area contributed by atoms with Crippen molar-refractivity contribution in [2.75, 3.05) is 86.6 Å². The molecule has 0 saturated heterocycles. The normalized spacial score (nSPS) is 9.53. The number of ether oxygens (including phenoxy) is 3. The van der Waals surface area contributed by atoms with Gasteiger partial charge in [0.25, 0.3) is 11.8 Å². The number of halogens is 2. The smallest absolute Gasteiger partial charge is 0.356 e. The Hall–Kier alpha value is -8.68. The Kier molecular flexibility index (Phi) is 53.1. The van der Waals surface area contributed by atoms with Gasteiger partial charge in [0.2, 0.25) is 15.6 Å². The van der Waals surface area contributed by atoms with Crippen LogP contribution in [0.15, 0.2) is 107 Å². The Morgan fingerprint density at radius 3 is 1.47 bits per heavy atom. The van der Waals surface area contributed by atoms with E-state index >= 15 is 0 Å². The van der Waals surface area contributed by atoms with E-state index in [1.807, 2.05) is 64.2 Å². The monoisotopic (exact) mass is 1270 g/mol. The third-order valence-electron chi connectivity index (χ3n) is 7.93. The van der Waals surface area contributed by atoms with Gasteiger partial charge in [0.1, 0.15) is 53.0 Å². The van der Waals surface area contributed by atoms with Gasteiger partial charge in [-0.25, -0.2) is 55.0 Å². The van der Waals surface area contributed by atoms with Gasteiger partial charge in [0.15, 0.2) is 23.0 Å². The van der Waals surface area contributed by atoms with Gasteiger partial charge in [-0.2, -0.15) is 5.10 Å². The lowest BCUT2D eigenvalue weighted by Gasteiger charge is -2.09. The largest absolute Gasteiger partial charge is 0.477 e. The minimum absolute atomic E-state index is 0. The van der Waals surface area contributed by atoms with Gasteiger partial charge in [-0.3, -0.25) is 32.0 Å². The number of anilines is 4. The molecule has 33 nitrogen and oxygen atoms in total. The number of carbonyl (C=O) groups excluding carboxylic acids is 3. The molecule has 36 heteroatoms. The van der Waals surface area contributed by atoms with Crippen molar-refractivity contribution in [3.8, 4) is 11.5 Å². The minimum Gasteiger partial charge on any atom is -0.477 e. The fourth-order valence-electron chi connectivity index (χ4n) is 4.66. The van der Waals surface area contributed by atoms with E-state index in [-0.39, 0.29) is 48.3 Å². The number of methoxy groups -OCH3 is 3. The zero-order valence-electron chi connectivity index (χ0n) is 49.4. The average molecular weight is 1270 g/mol. The summed E-state index contributed by atoms with van der Waals surface area (Å²) in [5.74, 6) is 13.1. The number of aromatic nitrogens is 8. The van der Waals surface area contributed by atoms with E-state index in [0.29, 0.717) is 35.4 Å². The van der Waals surface area contributed by atoms with Gasteiger partial charge in [-0.05, 0) is 87.6 Å². The topological polar surface area (TPSA) is 524 Å². The number of aliphatic hydroxyl groups excluding tert-OH is 1. The van der Waals surface area contributed by atoms with E-state index in [9.17, 15) is 19.2 Å². The van der Waals surface area contributed by atoms with Crippen molar-refractivity contribution in [3.63, 3.8) is 0 Å². The molecule has 0 aliphatic rings. The standard InChI is InChI=1S/C12H18N6O.C10H13N5.C7H8N2O2.C6H8N4O.C6H6N2O2.C4H11NO2.C3H9N.CH4O.CH4.Cl2OS.H4N2/c1-17(2)8-13-11-7-5-6-10(15-11)12(19)16-14-9-18(3)4;1-7(2)15-6-12-14-10(15)8-4-3-5-9(11)13-8;1-11-7(10)5-3-2-4-6(8)9-5;7-5-3-1-2-4(9-5)6(11)10-8;7-5-3-1-2-4(8-5)6(9)10;1-5-4(6-2)7-3;1-3(2)4;1-2;;1-4(2)3;1-2/h5-9H,1-4H3,(H,16,19);3-7H,1-2H3,(H2,11,13);2-4H,1H3,(H2,8,9);1-3H,8H2,(H2,7,9)(H,10,11);1-3H,(H2,7,8)(H,9,10);4-5H,1-3H3;3H,4H2,1-2H3;2H,1H3;1H4;;1-2H2/b13-8?,14-9+;;;;;;;;;;. The maximum Gasteiger partial charge on any atom is 0.356 e. The van der Waals surface area contributed by atoms with E-state index in [0.717, 1.165) is 18.6 Å². The molecular formula is C50H85Cl2N23O10S. The molecule has 0 aromatic carbocycles. The van der Waals surface area contributed by atoms with Crippen LogP contribution in [0.1, 0.15) is 83.1 Å². The second kappa shape index (κ2) is 53.1. The number of nitrogen functional groups attached to an aromatic ring is 5. The Labute approximate surface area is 512 Å². The summed E-state index contributed by atoms with van der Waals surface area (Å²) in [7, 11) is 21.9. The van der Waals surface area contributed by atoms with Crippen LogP contribution in [0.4, 0.5) is 29.1 Å². The number of aliphatic hydroxyl groups is 1. The number of esters is 1. The van der Waals surface area contributed by atoms with Crippen molar-refractivity contribution in [2.45, 2.75) is 53.6 Å². The predicted octanol–water partition coefficient (Wildman–Crippen LogP) is 2.36. The second-order valence-electron chi connectivity index (χ2n) is 16.0. The molecule has 0 bridgehead atoms. The third kappa shape index (κ3) is 44.8. The number of carbonyl (C=O) groups is 4. The van der Waals surface area contributed by atoms with Crippen molar-refractivity contribution >= 4 is 96.1 Å². The number of pyridine rings is 5. The average Bonchev–Trinajstić information content (AvgIpc) is 4.12. The van der Waals surface area contributed by atoms with E-state index < -0.39 is 27.1 Å². The highest BCUT2D eigenvalue weighted by atomic mass is 36.0. The number of carboxylic acid groups (broad SMARTS) is 1. The summed E-state index contributed by atoms with van der Waals surface area (Å²) >= 11 is 0. The Balaban J connectivity index is -0.000000299. The molecule has 0 radical (unpaired) electrons. The van der Waals surface area contributed by atoms with Crippen LogP contribution in [-0.2, 0) is 23.4 Å². The van der Waals surface area contributed by atoms with E-state index in [1.165, 1.54) is 31.6 Å². The molecule has 86 heavy (non-hydrogen) atoms. The van der Waals surface area contributed by atoms with Gasteiger partial charge < -0.3 is 67.5 Å². The SMILES string of the molecule is C.CC(C)N.CC(C)n1cnnc1-c1cccc(N)n1.CN(C)C=Nc1cccc(C(=O)N/N=C/N(C)C)n1.CNC(OC)OC.CO.COC(=O)c1cccc(N)n1.NN.NNC(=O)c1cccc(N)n1.Nc1cccc(C(=O)O)n1.O=S(Cl)Cl. The van der Waals surface area contributed by atoms with Crippen molar-refractivity contribution in [3.05, 3.63) is 120 Å². The molecule has 0 saturated carbocycles. The molecule has 6 aromatic rings. The number of aromatic carboxylic acids is 1. The van der Waals surface area contributed by atoms with Gasteiger partial charge >= 0.3 is 11.9 Å². The number of hydrazine groups is 2. The lowest BCUT2D eigenvalue weighted by Crippen LogP contribution is -2.30. The Morgan fingerprint density at radius 2 is 1.09 bits per heavy atom. The number of hydrogen-bond donors (Lipinski definition) is 13. The number of rotatable bonds is 13. The van der Waals surface area contributed by atoms with Gasteiger partial charge in [0.05, 0.1) is 13.4 Å². The molecule has 0 atom stereocenters. The fourth-order valence-corrected chi connectivity index (χ4v) is 4.66. The highest BCUT2D eigenvalue weighted by Crippen LogP contribution is 2.18. The molecule has 0 fully saturated rings. The Morgan fingerprint density at radius 1 is 0.686 bits per heavy atom. The predicted molar refractivity (Wildman–Crippen MR) is 339 cm³/mol. The maximum absolute atomic E-state index is 11.7. The summed E-state index contributed by atoms with van der Waals surface area (Å²) in [6.07, 6.45) is 4.55. The van der Waals surface area contributed by atoms with Gasteiger partial charge in [0, 0.05) is 76.9 Å². The van der Waals surface area contributed by atoms with Crippen LogP contribution in [0.2, 0.25) is 0 Å². The lowest BCUT2D eigenvalue weighted by molar-refractivity contribution is -0.118. The van der Waals surface area contributed by atoms with Crippen LogP contribution < -0.4 is 62.4 Å². The lowest BCUT2D eigenvalue weighted by atomic mass is 10.3. The molecule has 6 aromatic heterocycles. The first-order chi connectivity index (χ1) is 40.1. The Bertz CT molecular complexity index is 2780. The van der Waals surface area contributed by atoms with Crippen molar-refractivity contribution in [1.29, 1.82) is 0 Å². The molecule has 0 unspecified atom stereocenters. The summed E-state index contributed by atoms with van der Waals surface area (Å²) in [5, 5.41) is 29.8. The van der Waals surface area contributed by atoms with Crippen LogP contribution in [0.3, 0.4) is 0 Å². The molecule has 0 spiro atoms. The molecule has 6 rings (SSSR count). The van der Waals surface area contributed by atoms with Crippen molar-refractivity contribution in [1.82, 2.24) is 65.7 Å². The molecular weight excluding hydrogens is 1190 g/mol. The van der Waals surface area contributed by atoms with E-state index in [4.69, 9.17) is 58.4 Å². The number of nitrogens with zero attached hydrogens (tertiary/aromatic N) is 12. The van der Waals surface area contributed by atoms with Crippen LogP contribution in [0, 0.1) is 0 Å². The minimum atomic E-state index is -1.67. The first kappa shape index (κ1) is 86.1. The van der Waals surface area contributed by atoms with Crippen LogP contribution in [0.25, 0.3) is 11.5 Å².